The van der Waals surface area contributed by atoms with E-state index in [0.29, 0.717) is 6.54 Å². The fourth-order valence-electron chi connectivity index (χ4n) is 1.97. The highest BCUT2D eigenvalue weighted by Gasteiger charge is 2.12. The third-order valence-electron chi connectivity index (χ3n) is 3.42. The Labute approximate surface area is 125 Å². The summed E-state index contributed by atoms with van der Waals surface area (Å²) in [5, 5.41) is 8.44. The Morgan fingerprint density at radius 3 is 2.48 bits per heavy atom. The fourth-order valence-corrected chi connectivity index (χ4v) is 2.60. The molecule has 3 N–H and O–H groups in total. The fraction of sp³-hybridized carbons (Fsp3) is 0.267. The first-order valence-corrected chi connectivity index (χ1v) is 8.11. The van der Waals surface area contributed by atoms with Gasteiger partial charge in [-0.3, -0.25) is 4.98 Å². The van der Waals surface area contributed by atoms with E-state index in [9.17, 15) is 8.42 Å². The number of primary sulfonamides is 1. The van der Waals surface area contributed by atoms with Gasteiger partial charge in [-0.1, -0.05) is 6.07 Å². The first-order valence-electron chi connectivity index (χ1n) is 6.57. The number of nitrogens with zero attached hydrogens (tertiary/aromatic N) is 1. The molecule has 0 aliphatic heterocycles. The van der Waals surface area contributed by atoms with Crippen molar-refractivity contribution in [2.24, 2.45) is 5.14 Å². The highest BCUT2D eigenvalue weighted by atomic mass is 32.2. The molecular formula is C15H19N3O2S. The first-order chi connectivity index (χ1) is 9.77. The van der Waals surface area contributed by atoms with Crippen molar-refractivity contribution < 1.29 is 8.42 Å². The minimum atomic E-state index is -3.71. The van der Waals surface area contributed by atoms with Crippen molar-refractivity contribution in [2.75, 3.05) is 5.32 Å². The molecule has 6 heteroatoms. The third-order valence-corrected chi connectivity index (χ3v) is 4.32. The minimum absolute atomic E-state index is 0.120. The first kappa shape index (κ1) is 15.5. The van der Waals surface area contributed by atoms with Crippen molar-refractivity contribution in [3.63, 3.8) is 0 Å². The van der Waals surface area contributed by atoms with Gasteiger partial charge in [-0.25, -0.2) is 13.6 Å². The summed E-state index contributed by atoms with van der Waals surface area (Å²) in [6, 6.07) is 7.08. The Balaban J connectivity index is 2.27. The van der Waals surface area contributed by atoms with Crippen molar-refractivity contribution in [3.05, 3.63) is 52.8 Å². The predicted molar refractivity (Wildman–Crippen MR) is 83.6 cm³/mol. The van der Waals surface area contributed by atoms with E-state index in [1.165, 1.54) is 0 Å². The molecule has 2 aromatic rings. The number of pyridine rings is 1. The van der Waals surface area contributed by atoms with Gasteiger partial charge in [-0.15, -0.1) is 0 Å². The summed E-state index contributed by atoms with van der Waals surface area (Å²) in [6.45, 7) is 6.31. The molecular weight excluding hydrogens is 286 g/mol. The Morgan fingerprint density at radius 1 is 1.19 bits per heavy atom. The van der Waals surface area contributed by atoms with Crippen molar-refractivity contribution in [2.45, 2.75) is 32.2 Å². The number of benzene rings is 1. The zero-order valence-corrected chi connectivity index (χ0v) is 13.2. The smallest absolute Gasteiger partial charge is 0.238 e. The number of hydrogen-bond donors (Lipinski definition) is 2. The van der Waals surface area contributed by atoms with Crippen molar-refractivity contribution in [3.8, 4) is 0 Å². The summed E-state index contributed by atoms with van der Waals surface area (Å²) >= 11 is 0. The van der Waals surface area contributed by atoms with Crippen LogP contribution in [-0.2, 0) is 16.6 Å². The average Bonchev–Trinajstić information content (AvgIpc) is 2.41. The molecule has 0 aliphatic carbocycles. The molecule has 21 heavy (non-hydrogen) atoms. The van der Waals surface area contributed by atoms with Gasteiger partial charge in [-0.2, -0.15) is 0 Å². The highest BCUT2D eigenvalue weighted by Crippen LogP contribution is 2.24. The Kier molecular flexibility index (Phi) is 4.29. The van der Waals surface area contributed by atoms with Crippen LogP contribution in [0.2, 0.25) is 0 Å². The molecule has 0 radical (unpaired) electrons. The summed E-state index contributed by atoms with van der Waals surface area (Å²) in [7, 11) is -3.71. The van der Waals surface area contributed by atoms with Crippen LogP contribution in [-0.4, -0.2) is 13.4 Å². The minimum Gasteiger partial charge on any atom is -0.381 e. The lowest BCUT2D eigenvalue weighted by molar-refractivity contribution is 0.597. The summed E-state index contributed by atoms with van der Waals surface area (Å²) in [4.78, 5) is 4.35. The molecule has 0 spiro atoms. The maximum absolute atomic E-state index is 11.5. The van der Waals surface area contributed by atoms with Gasteiger partial charge in [0.2, 0.25) is 10.0 Å². The molecule has 1 aromatic carbocycles. The van der Waals surface area contributed by atoms with Gasteiger partial charge >= 0.3 is 0 Å². The number of aromatic nitrogens is 1. The molecule has 5 nitrogen and oxygen atoms in total. The number of anilines is 1. The van der Waals surface area contributed by atoms with E-state index >= 15 is 0 Å². The van der Waals surface area contributed by atoms with Crippen molar-refractivity contribution in [1.82, 2.24) is 4.98 Å². The van der Waals surface area contributed by atoms with Crippen molar-refractivity contribution >= 4 is 15.7 Å². The number of aryl methyl sites for hydroxylation is 2. The molecule has 0 unspecified atom stereocenters. The van der Waals surface area contributed by atoms with E-state index in [0.717, 1.165) is 28.1 Å². The van der Waals surface area contributed by atoms with E-state index in [-0.39, 0.29) is 4.90 Å². The lowest BCUT2D eigenvalue weighted by atomic mass is 10.1. The molecule has 0 bridgehead atoms. The van der Waals surface area contributed by atoms with Crippen LogP contribution in [0.4, 0.5) is 5.69 Å². The monoisotopic (exact) mass is 305 g/mol. The third kappa shape index (κ3) is 3.80. The Hall–Kier alpha value is -1.92. The number of nitrogens with one attached hydrogen (secondary N) is 1. The van der Waals surface area contributed by atoms with Crippen LogP contribution in [0.15, 0.2) is 35.4 Å². The standard InChI is InChI=1S/C15H19N3O2S/c1-10-6-14(21(16,19)20)7-15(12(10)3)18-9-13-5-4-11(2)17-8-13/h4-8,18H,9H2,1-3H3,(H2,16,19,20). The maximum Gasteiger partial charge on any atom is 0.238 e. The number of hydrogen-bond acceptors (Lipinski definition) is 4. The SMILES string of the molecule is Cc1ccc(CNc2cc(S(N)(=O)=O)cc(C)c2C)cn1. The zero-order chi connectivity index (χ0) is 15.6. The predicted octanol–water partition coefficient (Wildman–Crippen LogP) is 2.27. The number of sulfonamides is 1. The Morgan fingerprint density at radius 2 is 1.90 bits per heavy atom. The topological polar surface area (TPSA) is 85.1 Å². The lowest BCUT2D eigenvalue weighted by Gasteiger charge is -2.13. The molecule has 0 atom stereocenters. The van der Waals surface area contributed by atoms with E-state index < -0.39 is 10.0 Å². The van der Waals surface area contributed by atoms with Gasteiger partial charge in [0.1, 0.15) is 0 Å². The number of nitrogens with two attached hydrogens (primary N) is 1. The van der Waals surface area contributed by atoms with Crippen LogP contribution < -0.4 is 10.5 Å². The van der Waals surface area contributed by atoms with Gasteiger partial charge in [0.05, 0.1) is 4.90 Å². The lowest BCUT2D eigenvalue weighted by Crippen LogP contribution is -2.13. The largest absolute Gasteiger partial charge is 0.381 e. The second kappa shape index (κ2) is 5.83. The van der Waals surface area contributed by atoms with Gasteiger partial charge in [0.15, 0.2) is 0 Å². The van der Waals surface area contributed by atoms with Crippen LogP contribution >= 0.6 is 0 Å². The normalized spacial score (nSPS) is 11.4. The van der Waals surface area contributed by atoms with Gasteiger partial charge in [0, 0.05) is 24.1 Å². The van der Waals surface area contributed by atoms with Crippen LogP contribution in [0.3, 0.4) is 0 Å². The zero-order valence-electron chi connectivity index (χ0n) is 12.3. The van der Waals surface area contributed by atoms with Crippen LogP contribution in [0, 0.1) is 20.8 Å². The molecule has 0 aliphatic rings. The quantitative estimate of drug-likeness (QED) is 0.907. The van der Waals surface area contributed by atoms with E-state index in [2.05, 4.69) is 10.3 Å². The average molecular weight is 305 g/mol. The molecule has 1 heterocycles. The summed E-state index contributed by atoms with van der Waals surface area (Å²) < 4.78 is 23.0. The second-order valence-corrected chi connectivity index (χ2v) is 6.68. The molecule has 0 amide bonds. The summed E-state index contributed by atoms with van der Waals surface area (Å²) in [5.74, 6) is 0. The van der Waals surface area contributed by atoms with Gasteiger partial charge in [0.25, 0.3) is 0 Å². The maximum atomic E-state index is 11.5. The number of rotatable bonds is 4. The van der Waals surface area contributed by atoms with Gasteiger partial charge in [-0.05, 0) is 55.7 Å². The molecule has 112 valence electrons. The van der Waals surface area contributed by atoms with Gasteiger partial charge < -0.3 is 5.32 Å². The molecule has 0 fully saturated rings. The molecule has 0 saturated carbocycles. The van der Waals surface area contributed by atoms with E-state index in [4.69, 9.17) is 5.14 Å². The highest BCUT2D eigenvalue weighted by molar-refractivity contribution is 7.89. The van der Waals surface area contributed by atoms with Crippen LogP contribution in [0.25, 0.3) is 0 Å². The molecule has 0 saturated heterocycles. The summed E-state index contributed by atoms with van der Waals surface area (Å²) in [6.07, 6.45) is 1.80. The molecule has 1 aromatic heterocycles. The van der Waals surface area contributed by atoms with Crippen LogP contribution in [0.1, 0.15) is 22.4 Å². The van der Waals surface area contributed by atoms with Crippen molar-refractivity contribution in [1.29, 1.82) is 0 Å². The summed E-state index contributed by atoms with van der Waals surface area (Å²) in [5.41, 5.74) is 4.63. The van der Waals surface area contributed by atoms with E-state index in [1.807, 2.05) is 32.9 Å². The second-order valence-electron chi connectivity index (χ2n) is 5.12. The van der Waals surface area contributed by atoms with E-state index in [1.54, 1.807) is 18.3 Å². The van der Waals surface area contributed by atoms with Crippen LogP contribution in [0.5, 0.6) is 0 Å². The molecule has 2 rings (SSSR count). The Bertz CT molecular complexity index is 753.